The van der Waals surface area contributed by atoms with Crippen LogP contribution in [0.5, 0.6) is 0 Å². The number of hydrogen-bond donors (Lipinski definition) is 0. The van der Waals surface area contributed by atoms with Gasteiger partial charge in [0, 0.05) is 27.8 Å². The molecule has 0 unspecified atom stereocenters. The largest absolute Gasteiger partial charge is 0.278 e. The number of para-hydroxylation sites is 2. The molecule has 0 radical (unpaired) electrons. The van der Waals surface area contributed by atoms with Gasteiger partial charge < -0.3 is 0 Å². The smallest absolute Gasteiger partial charge is 0.235 e. The number of rotatable bonds is 1. The zero-order chi connectivity index (χ0) is 24.0. The Hall–Kier alpha value is -4.50. The first-order chi connectivity index (χ1) is 17.6. The van der Waals surface area contributed by atoms with Crippen molar-refractivity contribution in [3.8, 4) is 17.1 Å². The predicted octanol–water partition coefficient (Wildman–Crippen LogP) is 8.19. The third kappa shape index (κ3) is 2.52. The molecule has 5 aromatic carbocycles. The highest BCUT2D eigenvalue weighted by Crippen LogP contribution is 2.52. The molecule has 2 aromatic heterocycles. The van der Waals surface area contributed by atoms with Crippen molar-refractivity contribution in [3.05, 3.63) is 114 Å². The summed E-state index contributed by atoms with van der Waals surface area (Å²) in [5, 5.41) is 6.08. The second-order valence-corrected chi connectivity index (χ2v) is 10.4. The van der Waals surface area contributed by atoms with Crippen molar-refractivity contribution < 1.29 is 0 Å². The van der Waals surface area contributed by atoms with Gasteiger partial charge in [-0.05, 0) is 69.4 Å². The van der Waals surface area contributed by atoms with Crippen LogP contribution in [-0.4, -0.2) is 14.5 Å². The fraction of sp³-hybridized carbons (Fsp3) is 0.0909. The molecule has 2 heterocycles. The molecule has 3 heteroatoms. The molecule has 0 bridgehead atoms. The molecule has 0 atom stereocenters. The number of fused-ring (bicyclic) bond motifs is 8. The Kier molecular flexibility index (Phi) is 3.73. The van der Waals surface area contributed by atoms with Gasteiger partial charge in [0.15, 0.2) is 0 Å². The maximum absolute atomic E-state index is 4.98. The van der Waals surface area contributed by atoms with Crippen LogP contribution in [0.2, 0.25) is 0 Å². The fourth-order valence-corrected chi connectivity index (χ4v) is 6.17. The molecule has 0 saturated carbocycles. The van der Waals surface area contributed by atoms with Crippen molar-refractivity contribution in [3.63, 3.8) is 0 Å². The number of aromatic nitrogens is 3. The van der Waals surface area contributed by atoms with Gasteiger partial charge in [-0.25, -0.2) is 9.97 Å². The van der Waals surface area contributed by atoms with E-state index in [4.69, 9.17) is 9.97 Å². The first kappa shape index (κ1) is 19.8. The van der Waals surface area contributed by atoms with Crippen LogP contribution in [0.15, 0.2) is 103 Å². The zero-order valence-corrected chi connectivity index (χ0v) is 20.2. The first-order valence-corrected chi connectivity index (χ1v) is 12.4. The van der Waals surface area contributed by atoms with Crippen molar-refractivity contribution in [1.82, 2.24) is 14.5 Å². The minimum atomic E-state index is -0.103. The van der Waals surface area contributed by atoms with E-state index in [1.807, 2.05) is 18.3 Å². The van der Waals surface area contributed by atoms with Gasteiger partial charge in [0.2, 0.25) is 5.95 Å². The van der Waals surface area contributed by atoms with E-state index in [0.29, 0.717) is 5.95 Å². The highest BCUT2D eigenvalue weighted by molar-refractivity contribution is 6.12. The van der Waals surface area contributed by atoms with Crippen molar-refractivity contribution in [2.75, 3.05) is 0 Å². The van der Waals surface area contributed by atoms with Crippen LogP contribution in [0.1, 0.15) is 25.0 Å². The molecule has 0 N–H and O–H groups in total. The van der Waals surface area contributed by atoms with Crippen molar-refractivity contribution in [2.45, 2.75) is 19.3 Å². The quantitative estimate of drug-likeness (QED) is 0.247. The summed E-state index contributed by atoms with van der Waals surface area (Å²) in [4.78, 5) is 9.78. The topological polar surface area (TPSA) is 30.7 Å². The van der Waals surface area contributed by atoms with Gasteiger partial charge in [0.05, 0.1) is 16.6 Å². The second-order valence-electron chi connectivity index (χ2n) is 10.4. The minimum Gasteiger partial charge on any atom is -0.278 e. The summed E-state index contributed by atoms with van der Waals surface area (Å²) < 4.78 is 2.23. The Morgan fingerprint density at radius 2 is 1.28 bits per heavy atom. The van der Waals surface area contributed by atoms with Crippen LogP contribution in [0.4, 0.5) is 0 Å². The van der Waals surface area contributed by atoms with Crippen LogP contribution in [0.25, 0.3) is 60.6 Å². The van der Waals surface area contributed by atoms with E-state index in [1.54, 1.807) is 0 Å². The molecular formula is C33H23N3. The number of benzene rings is 5. The highest BCUT2D eigenvalue weighted by Gasteiger charge is 2.36. The molecule has 7 aromatic rings. The summed E-state index contributed by atoms with van der Waals surface area (Å²) in [6.07, 6.45) is 1.93. The van der Waals surface area contributed by atoms with Crippen molar-refractivity contribution in [2.24, 2.45) is 0 Å². The lowest BCUT2D eigenvalue weighted by molar-refractivity contribution is 0.661. The average molecular weight is 462 g/mol. The molecule has 0 aliphatic heterocycles. The molecular weight excluding hydrogens is 438 g/mol. The molecule has 3 nitrogen and oxygen atoms in total. The summed E-state index contributed by atoms with van der Waals surface area (Å²) in [5.41, 5.74) is 8.54. The van der Waals surface area contributed by atoms with E-state index in [9.17, 15) is 0 Å². The van der Waals surface area contributed by atoms with E-state index < -0.39 is 0 Å². The maximum atomic E-state index is 4.98. The predicted molar refractivity (Wildman–Crippen MR) is 149 cm³/mol. The monoisotopic (exact) mass is 461 g/mol. The van der Waals surface area contributed by atoms with Gasteiger partial charge in [-0.15, -0.1) is 0 Å². The number of nitrogens with zero attached hydrogens (tertiary/aromatic N) is 3. The Labute approximate surface area is 208 Å². The lowest BCUT2D eigenvalue weighted by atomic mass is 9.81. The van der Waals surface area contributed by atoms with E-state index >= 15 is 0 Å². The Bertz CT molecular complexity index is 2030. The van der Waals surface area contributed by atoms with Crippen LogP contribution >= 0.6 is 0 Å². The average Bonchev–Trinajstić information content (AvgIpc) is 3.35. The third-order valence-electron chi connectivity index (χ3n) is 8.01. The van der Waals surface area contributed by atoms with E-state index in [2.05, 4.69) is 103 Å². The molecule has 8 rings (SSSR count). The van der Waals surface area contributed by atoms with Crippen LogP contribution in [0.3, 0.4) is 0 Å². The van der Waals surface area contributed by atoms with E-state index in [0.717, 1.165) is 21.9 Å². The Morgan fingerprint density at radius 3 is 2.14 bits per heavy atom. The van der Waals surface area contributed by atoms with Crippen molar-refractivity contribution in [1.29, 1.82) is 0 Å². The van der Waals surface area contributed by atoms with Gasteiger partial charge in [-0.3, -0.25) is 4.57 Å². The molecule has 170 valence electrons. The van der Waals surface area contributed by atoms with E-state index in [1.165, 1.54) is 43.8 Å². The molecule has 1 aliphatic carbocycles. The fourth-order valence-electron chi connectivity index (χ4n) is 6.17. The lowest BCUT2D eigenvalue weighted by Gasteiger charge is -2.22. The number of hydrogen-bond acceptors (Lipinski definition) is 2. The minimum absolute atomic E-state index is 0.103. The van der Waals surface area contributed by atoms with Gasteiger partial charge in [0.25, 0.3) is 0 Å². The molecule has 0 fully saturated rings. The Balaban J connectivity index is 1.48. The van der Waals surface area contributed by atoms with Gasteiger partial charge in [-0.1, -0.05) is 74.5 Å². The first-order valence-electron chi connectivity index (χ1n) is 12.4. The summed E-state index contributed by atoms with van der Waals surface area (Å²) in [7, 11) is 0. The molecule has 0 spiro atoms. The second kappa shape index (κ2) is 6.79. The molecule has 36 heavy (non-hydrogen) atoms. The van der Waals surface area contributed by atoms with E-state index in [-0.39, 0.29) is 5.41 Å². The summed E-state index contributed by atoms with van der Waals surface area (Å²) in [6.45, 7) is 4.69. The maximum Gasteiger partial charge on any atom is 0.235 e. The zero-order valence-electron chi connectivity index (χ0n) is 20.2. The summed E-state index contributed by atoms with van der Waals surface area (Å²) >= 11 is 0. The van der Waals surface area contributed by atoms with Crippen LogP contribution in [-0.2, 0) is 5.41 Å². The Morgan fingerprint density at radius 1 is 0.611 bits per heavy atom. The van der Waals surface area contributed by atoms with Crippen LogP contribution in [0, 0.1) is 0 Å². The molecule has 0 amide bonds. The highest BCUT2D eigenvalue weighted by atomic mass is 15.2. The van der Waals surface area contributed by atoms with Crippen molar-refractivity contribution >= 4 is 43.5 Å². The van der Waals surface area contributed by atoms with Gasteiger partial charge >= 0.3 is 0 Å². The normalized spacial score (nSPS) is 14.1. The molecule has 0 saturated heterocycles. The SMILES string of the molecule is CC1(C)c2cc3ccccc3cc2-c2cc3c4ccccc4n(-c4ncc5ccccc5n4)c3cc21. The lowest BCUT2D eigenvalue weighted by Crippen LogP contribution is -2.15. The molecule has 1 aliphatic rings. The van der Waals surface area contributed by atoms with Crippen LogP contribution < -0.4 is 0 Å². The van der Waals surface area contributed by atoms with Gasteiger partial charge in [-0.2, -0.15) is 0 Å². The summed E-state index contributed by atoms with van der Waals surface area (Å²) in [6, 6.07) is 35.0. The van der Waals surface area contributed by atoms with Gasteiger partial charge in [0.1, 0.15) is 0 Å². The summed E-state index contributed by atoms with van der Waals surface area (Å²) in [5.74, 6) is 0.707. The third-order valence-corrected chi connectivity index (χ3v) is 8.01. The standard InChI is InChI=1S/C33H23N3/c1-33(2)27-16-21-10-4-3-9-20(21)15-24(27)25-17-26-23-12-6-8-14-30(23)36(31(26)18-28(25)33)32-34-19-22-11-5-7-13-29(22)35-32/h3-19H,1-2H3.